The van der Waals surface area contributed by atoms with E-state index in [-0.39, 0.29) is 0 Å². The molecular formula is C13H19N3O. The molecule has 4 heteroatoms. The number of aromatic nitrogens is 2. The Bertz CT molecular complexity index is 459. The van der Waals surface area contributed by atoms with Crippen LogP contribution in [0.1, 0.15) is 30.5 Å². The van der Waals surface area contributed by atoms with Gasteiger partial charge in [0.2, 0.25) is 0 Å². The van der Waals surface area contributed by atoms with Crippen LogP contribution >= 0.6 is 0 Å². The summed E-state index contributed by atoms with van der Waals surface area (Å²) in [5.74, 6) is 1.98. The monoisotopic (exact) mass is 233 g/mol. The van der Waals surface area contributed by atoms with Gasteiger partial charge in [-0.25, -0.2) is 4.98 Å². The molecule has 0 spiro atoms. The fraction of sp³-hybridized carbons (Fsp3) is 0.462. The van der Waals surface area contributed by atoms with Gasteiger partial charge in [0.15, 0.2) is 0 Å². The molecule has 0 fully saturated rings. The maximum absolute atomic E-state index is 5.54. The van der Waals surface area contributed by atoms with Gasteiger partial charge in [0.05, 0.1) is 12.8 Å². The lowest BCUT2D eigenvalue weighted by molar-refractivity contribution is 0.488. The molecule has 92 valence electrons. The van der Waals surface area contributed by atoms with Gasteiger partial charge in [0.25, 0.3) is 0 Å². The second kappa shape index (κ2) is 5.68. The second-order valence-electron chi connectivity index (χ2n) is 4.20. The maximum Gasteiger partial charge on any atom is 0.123 e. The number of hydrogen-bond donors (Lipinski definition) is 1. The zero-order valence-corrected chi connectivity index (χ0v) is 10.4. The number of furan rings is 1. The van der Waals surface area contributed by atoms with E-state index in [0.29, 0.717) is 0 Å². The summed E-state index contributed by atoms with van der Waals surface area (Å²) < 4.78 is 7.61. The number of aryl methyl sites for hydroxylation is 1. The summed E-state index contributed by atoms with van der Waals surface area (Å²) in [5.41, 5.74) is 1.20. The first-order valence-corrected chi connectivity index (χ1v) is 6.04. The van der Waals surface area contributed by atoms with Crippen molar-refractivity contribution in [2.45, 2.75) is 33.4 Å². The van der Waals surface area contributed by atoms with Crippen LogP contribution in [0.25, 0.3) is 0 Å². The Morgan fingerprint density at radius 3 is 3.06 bits per heavy atom. The van der Waals surface area contributed by atoms with Crippen molar-refractivity contribution in [1.29, 1.82) is 0 Å². The van der Waals surface area contributed by atoms with E-state index in [1.807, 2.05) is 25.6 Å². The third-order valence-corrected chi connectivity index (χ3v) is 2.71. The van der Waals surface area contributed by atoms with Crippen molar-refractivity contribution in [3.63, 3.8) is 0 Å². The normalized spacial score (nSPS) is 10.9. The summed E-state index contributed by atoms with van der Waals surface area (Å²) in [7, 11) is 0. The van der Waals surface area contributed by atoms with Crippen molar-refractivity contribution in [2.24, 2.45) is 0 Å². The largest absolute Gasteiger partial charge is 0.467 e. The number of nitrogens with zero attached hydrogens (tertiary/aromatic N) is 2. The molecule has 0 aliphatic carbocycles. The summed E-state index contributed by atoms with van der Waals surface area (Å²) in [4.78, 5) is 4.19. The van der Waals surface area contributed by atoms with Crippen molar-refractivity contribution < 1.29 is 4.42 Å². The standard InChI is InChI=1S/C13H19N3O/c1-3-4-14-8-12-7-13(17-10-12)9-16-6-5-15-11(16)2/h5-7,10,14H,3-4,8-9H2,1-2H3. The number of rotatable bonds is 6. The first-order valence-electron chi connectivity index (χ1n) is 6.04. The molecule has 0 amide bonds. The van der Waals surface area contributed by atoms with Crippen molar-refractivity contribution in [3.05, 3.63) is 41.9 Å². The minimum absolute atomic E-state index is 0.750. The van der Waals surface area contributed by atoms with E-state index in [1.54, 1.807) is 0 Å². The van der Waals surface area contributed by atoms with Gasteiger partial charge in [-0.3, -0.25) is 0 Å². The minimum Gasteiger partial charge on any atom is -0.467 e. The van der Waals surface area contributed by atoms with E-state index in [2.05, 4.69) is 27.9 Å². The van der Waals surface area contributed by atoms with Gasteiger partial charge < -0.3 is 14.3 Å². The molecule has 0 atom stereocenters. The number of imidazole rings is 1. The van der Waals surface area contributed by atoms with Gasteiger partial charge in [0, 0.05) is 24.5 Å². The summed E-state index contributed by atoms with van der Waals surface area (Å²) in [6.07, 6.45) is 6.75. The molecule has 1 N–H and O–H groups in total. The summed E-state index contributed by atoms with van der Waals surface area (Å²) in [5, 5.41) is 3.36. The van der Waals surface area contributed by atoms with Crippen LogP contribution in [0.2, 0.25) is 0 Å². The van der Waals surface area contributed by atoms with E-state index in [1.165, 1.54) is 5.56 Å². The highest BCUT2D eigenvalue weighted by Crippen LogP contribution is 2.10. The molecule has 4 nitrogen and oxygen atoms in total. The zero-order valence-electron chi connectivity index (χ0n) is 10.4. The molecule has 2 aromatic rings. The molecule has 0 radical (unpaired) electrons. The maximum atomic E-state index is 5.54. The first-order chi connectivity index (χ1) is 8.29. The van der Waals surface area contributed by atoms with E-state index < -0.39 is 0 Å². The van der Waals surface area contributed by atoms with Gasteiger partial charge in [-0.05, 0) is 26.0 Å². The van der Waals surface area contributed by atoms with Gasteiger partial charge in [-0.1, -0.05) is 6.92 Å². The Balaban J connectivity index is 1.92. The smallest absolute Gasteiger partial charge is 0.123 e. The Morgan fingerprint density at radius 1 is 1.47 bits per heavy atom. The first kappa shape index (κ1) is 11.9. The van der Waals surface area contributed by atoms with E-state index in [9.17, 15) is 0 Å². The number of hydrogen-bond acceptors (Lipinski definition) is 3. The van der Waals surface area contributed by atoms with Crippen molar-refractivity contribution >= 4 is 0 Å². The second-order valence-corrected chi connectivity index (χ2v) is 4.20. The van der Waals surface area contributed by atoms with Crippen LogP contribution in [-0.2, 0) is 13.1 Å². The molecule has 0 saturated heterocycles. The molecule has 17 heavy (non-hydrogen) atoms. The zero-order chi connectivity index (χ0) is 12.1. The van der Waals surface area contributed by atoms with Crippen LogP contribution < -0.4 is 5.32 Å². The molecule has 2 rings (SSSR count). The van der Waals surface area contributed by atoms with Crippen LogP contribution in [0.5, 0.6) is 0 Å². The van der Waals surface area contributed by atoms with E-state index >= 15 is 0 Å². The molecule has 0 aromatic carbocycles. The predicted octanol–water partition coefficient (Wildman–Crippen LogP) is 2.33. The Hall–Kier alpha value is -1.55. The fourth-order valence-corrected chi connectivity index (χ4v) is 1.75. The molecule has 0 saturated carbocycles. The van der Waals surface area contributed by atoms with Crippen LogP contribution in [0.15, 0.2) is 29.1 Å². The summed E-state index contributed by atoms with van der Waals surface area (Å²) in [6.45, 7) is 6.82. The molecule has 0 bridgehead atoms. The molecule has 0 aliphatic heterocycles. The lowest BCUT2D eigenvalue weighted by Crippen LogP contribution is -2.13. The van der Waals surface area contributed by atoms with E-state index in [0.717, 1.165) is 37.6 Å². The average molecular weight is 233 g/mol. The lowest BCUT2D eigenvalue weighted by atomic mass is 10.3. The predicted molar refractivity (Wildman–Crippen MR) is 66.8 cm³/mol. The molecule has 0 unspecified atom stereocenters. The van der Waals surface area contributed by atoms with E-state index in [4.69, 9.17) is 4.42 Å². The highest BCUT2D eigenvalue weighted by atomic mass is 16.3. The summed E-state index contributed by atoms with van der Waals surface area (Å²) in [6, 6.07) is 2.10. The van der Waals surface area contributed by atoms with Crippen LogP contribution in [0.4, 0.5) is 0 Å². The quantitative estimate of drug-likeness (QED) is 0.779. The van der Waals surface area contributed by atoms with Crippen LogP contribution in [0, 0.1) is 6.92 Å². The third-order valence-electron chi connectivity index (χ3n) is 2.71. The summed E-state index contributed by atoms with van der Waals surface area (Å²) >= 11 is 0. The van der Waals surface area contributed by atoms with Crippen LogP contribution in [-0.4, -0.2) is 16.1 Å². The topological polar surface area (TPSA) is 43.0 Å². The molecule has 0 aliphatic rings. The molecule has 2 heterocycles. The average Bonchev–Trinajstić information content (AvgIpc) is 2.91. The number of nitrogens with one attached hydrogen (secondary N) is 1. The third kappa shape index (κ3) is 3.20. The molecular weight excluding hydrogens is 214 g/mol. The Kier molecular flexibility index (Phi) is 3.98. The van der Waals surface area contributed by atoms with Crippen molar-refractivity contribution in [1.82, 2.24) is 14.9 Å². The minimum atomic E-state index is 0.750. The van der Waals surface area contributed by atoms with Gasteiger partial charge in [-0.2, -0.15) is 0 Å². The van der Waals surface area contributed by atoms with Gasteiger partial charge in [-0.15, -0.1) is 0 Å². The fourth-order valence-electron chi connectivity index (χ4n) is 1.75. The Morgan fingerprint density at radius 2 is 2.35 bits per heavy atom. The lowest BCUT2D eigenvalue weighted by Gasteiger charge is -2.00. The van der Waals surface area contributed by atoms with Crippen molar-refractivity contribution in [2.75, 3.05) is 6.54 Å². The molecule has 2 aromatic heterocycles. The van der Waals surface area contributed by atoms with Crippen molar-refractivity contribution in [3.8, 4) is 0 Å². The highest BCUT2D eigenvalue weighted by Gasteiger charge is 2.04. The van der Waals surface area contributed by atoms with Crippen LogP contribution in [0.3, 0.4) is 0 Å². The van der Waals surface area contributed by atoms with Gasteiger partial charge >= 0.3 is 0 Å². The Labute approximate surface area is 102 Å². The van der Waals surface area contributed by atoms with Gasteiger partial charge in [0.1, 0.15) is 11.6 Å². The SMILES string of the molecule is CCCNCc1coc(Cn2ccnc2C)c1. The highest BCUT2D eigenvalue weighted by molar-refractivity contribution is 5.13.